The largest absolute Gasteiger partial charge is 0.101 e. The molecule has 0 saturated heterocycles. The van der Waals surface area contributed by atoms with Gasteiger partial charge in [-0.2, -0.15) is 0 Å². The molecule has 2 rings (SSSR count). The second-order valence-electron chi connectivity index (χ2n) is 3.80. The Morgan fingerprint density at radius 3 is 2.75 bits per heavy atom. The first-order valence-corrected chi connectivity index (χ1v) is 8.56. The Kier molecular flexibility index (Phi) is 4.37. The number of hydrogen-bond donors (Lipinski definition) is 0. The minimum Gasteiger partial charge on any atom is -0.101 e. The van der Waals surface area contributed by atoms with E-state index in [4.69, 9.17) is 0 Å². The normalized spacial score (nSPS) is 12.1. The number of hydrogen-bond acceptors (Lipinski definition) is 0. The highest BCUT2D eigenvalue weighted by atomic mass is 79.9. The molecule has 0 nitrogen and oxygen atoms in total. The van der Waals surface area contributed by atoms with Crippen molar-refractivity contribution in [1.29, 1.82) is 0 Å². The van der Waals surface area contributed by atoms with E-state index in [1.165, 1.54) is 22.4 Å². The van der Waals surface area contributed by atoms with E-state index in [1.807, 2.05) is 0 Å². The van der Waals surface area contributed by atoms with Crippen molar-refractivity contribution in [2.45, 2.75) is 6.04 Å². The van der Waals surface area contributed by atoms with Gasteiger partial charge in [-0.1, -0.05) is 64.5 Å². The van der Waals surface area contributed by atoms with E-state index in [2.05, 4.69) is 70.2 Å². The molecule has 0 saturated carbocycles. The van der Waals surface area contributed by atoms with Crippen LogP contribution in [0, 0.1) is 0 Å². The minimum absolute atomic E-state index is 0.0263. The maximum atomic E-state index is 3.48. The highest BCUT2D eigenvalue weighted by Crippen LogP contribution is 2.19. The summed E-state index contributed by atoms with van der Waals surface area (Å²) in [4.78, 5) is 0. The summed E-state index contributed by atoms with van der Waals surface area (Å²) in [5, 5.41) is 3.82. The molecule has 2 aromatic rings. The third kappa shape index (κ3) is 2.83. The fraction of sp³-hybridized carbons (Fsp3) is 0.143. The quantitative estimate of drug-likeness (QED) is 0.457. The van der Waals surface area contributed by atoms with Crippen LogP contribution in [0.15, 0.2) is 48.2 Å². The summed E-state index contributed by atoms with van der Waals surface area (Å²) in [5.41, 5.74) is 3.74. The van der Waals surface area contributed by atoms with Crippen molar-refractivity contribution >= 4 is 42.3 Å². The molecule has 0 spiro atoms. The molecule has 0 N–H and O–H groups in total. The Hall–Kier alpha value is -0.863. The minimum atomic E-state index is -0.0263. The predicted octanol–water partition coefficient (Wildman–Crippen LogP) is 3.79. The zero-order chi connectivity index (χ0) is 11.2. The second-order valence-corrected chi connectivity index (χ2v) is 6.35. The number of rotatable bonds is 4. The lowest BCUT2D eigenvalue weighted by Gasteiger charge is -2.01. The monoisotopic (exact) mass is 290 g/mol. The van der Waals surface area contributed by atoms with Gasteiger partial charge in [-0.3, -0.25) is 0 Å². The lowest BCUT2D eigenvalue weighted by atomic mass is 10.1. The first-order chi connectivity index (χ1) is 7.92. The molecular formula is C14H15BrSi. The predicted molar refractivity (Wildman–Crippen MR) is 80.1 cm³/mol. The summed E-state index contributed by atoms with van der Waals surface area (Å²) in [6.45, 7) is 0. The van der Waals surface area contributed by atoms with Crippen LogP contribution < -0.4 is 0 Å². The zero-order valence-corrected chi connectivity index (χ0v) is 12.2. The molecule has 0 fully saturated rings. The smallest absolute Gasteiger partial charge is 0.0462 e. The number of halogens is 1. The summed E-state index contributed by atoms with van der Waals surface area (Å²) < 4.78 is 0. The van der Waals surface area contributed by atoms with E-state index in [-0.39, 0.29) is 9.52 Å². The van der Waals surface area contributed by atoms with E-state index in [0.29, 0.717) is 0 Å². The Morgan fingerprint density at radius 1 is 1.06 bits per heavy atom. The molecule has 0 unspecified atom stereocenters. The van der Waals surface area contributed by atoms with Crippen LogP contribution in [-0.2, 0) is 0 Å². The van der Waals surface area contributed by atoms with Gasteiger partial charge in [-0.15, -0.1) is 5.70 Å². The van der Waals surface area contributed by atoms with Crippen molar-refractivity contribution in [3.05, 3.63) is 53.7 Å². The Balaban J connectivity index is 2.27. The molecule has 2 heteroatoms. The first-order valence-electron chi connectivity index (χ1n) is 5.62. The maximum Gasteiger partial charge on any atom is 0.0462 e. The molecule has 0 atom stereocenters. The molecule has 0 amide bonds. The lowest BCUT2D eigenvalue weighted by molar-refractivity contribution is 1.51. The Bertz CT molecular complexity index is 486. The molecule has 0 heterocycles. The maximum absolute atomic E-state index is 3.48. The van der Waals surface area contributed by atoms with Crippen molar-refractivity contribution < 1.29 is 0 Å². The Morgan fingerprint density at radius 2 is 1.88 bits per heavy atom. The van der Waals surface area contributed by atoms with Crippen LogP contribution in [0.4, 0.5) is 0 Å². The molecule has 2 aromatic carbocycles. The van der Waals surface area contributed by atoms with E-state index in [9.17, 15) is 0 Å². The third-order valence-corrected chi connectivity index (χ3v) is 5.55. The SMILES string of the molecule is BrCC[SiH2]C=Cc1cccc2ccccc12. The highest BCUT2D eigenvalue weighted by Gasteiger charge is 1.95. The molecule has 0 bridgehead atoms. The van der Waals surface area contributed by atoms with Gasteiger partial charge in [0.25, 0.3) is 0 Å². The van der Waals surface area contributed by atoms with E-state index < -0.39 is 0 Å². The van der Waals surface area contributed by atoms with Crippen LogP contribution in [0.25, 0.3) is 16.8 Å². The van der Waals surface area contributed by atoms with Crippen molar-refractivity contribution in [2.75, 3.05) is 5.33 Å². The molecule has 82 valence electrons. The van der Waals surface area contributed by atoms with Crippen molar-refractivity contribution in [2.24, 2.45) is 0 Å². The van der Waals surface area contributed by atoms with Crippen molar-refractivity contribution in [3.63, 3.8) is 0 Å². The van der Waals surface area contributed by atoms with Gasteiger partial charge in [0.15, 0.2) is 0 Å². The summed E-state index contributed by atoms with van der Waals surface area (Å²) in [6.07, 6.45) is 2.29. The van der Waals surface area contributed by atoms with Gasteiger partial charge in [0.05, 0.1) is 0 Å². The van der Waals surface area contributed by atoms with Gasteiger partial charge in [0, 0.05) is 14.8 Å². The molecule has 0 aliphatic heterocycles. The molecule has 0 aromatic heterocycles. The van der Waals surface area contributed by atoms with Crippen molar-refractivity contribution in [3.8, 4) is 0 Å². The molecular weight excluding hydrogens is 276 g/mol. The highest BCUT2D eigenvalue weighted by molar-refractivity contribution is 9.09. The average Bonchev–Trinajstić information content (AvgIpc) is 2.35. The third-order valence-electron chi connectivity index (χ3n) is 2.63. The summed E-state index contributed by atoms with van der Waals surface area (Å²) >= 11 is 3.48. The summed E-state index contributed by atoms with van der Waals surface area (Å²) in [5.74, 6) is 0. The second kappa shape index (κ2) is 6.02. The van der Waals surface area contributed by atoms with Crippen LogP contribution in [-0.4, -0.2) is 14.8 Å². The van der Waals surface area contributed by atoms with Gasteiger partial charge in [-0.25, -0.2) is 0 Å². The van der Waals surface area contributed by atoms with Gasteiger partial charge < -0.3 is 0 Å². The first kappa shape index (κ1) is 11.6. The fourth-order valence-electron chi connectivity index (χ4n) is 1.80. The standard InChI is InChI=1S/C14H15BrSi/c15-9-11-16-10-8-13-6-3-5-12-4-1-2-7-14(12)13/h1-8,10H,9,11,16H2. The topological polar surface area (TPSA) is 0 Å². The number of benzene rings is 2. The summed E-state index contributed by atoms with van der Waals surface area (Å²) in [7, 11) is -0.0263. The molecule has 16 heavy (non-hydrogen) atoms. The van der Waals surface area contributed by atoms with Gasteiger partial charge in [-0.05, 0) is 22.4 Å². The van der Waals surface area contributed by atoms with E-state index >= 15 is 0 Å². The van der Waals surface area contributed by atoms with Crippen LogP contribution in [0.5, 0.6) is 0 Å². The van der Waals surface area contributed by atoms with Gasteiger partial charge in [0.1, 0.15) is 0 Å². The summed E-state index contributed by atoms with van der Waals surface area (Å²) in [6, 6.07) is 16.4. The van der Waals surface area contributed by atoms with E-state index in [1.54, 1.807) is 0 Å². The van der Waals surface area contributed by atoms with E-state index in [0.717, 1.165) is 5.33 Å². The zero-order valence-electron chi connectivity index (χ0n) is 9.20. The van der Waals surface area contributed by atoms with Gasteiger partial charge >= 0.3 is 0 Å². The van der Waals surface area contributed by atoms with Crippen LogP contribution >= 0.6 is 15.9 Å². The Labute approximate surface area is 107 Å². The number of alkyl halides is 1. The molecule has 0 radical (unpaired) electrons. The molecule has 0 aliphatic carbocycles. The van der Waals surface area contributed by atoms with Crippen molar-refractivity contribution in [1.82, 2.24) is 0 Å². The average molecular weight is 291 g/mol. The van der Waals surface area contributed by atoms with Crippen LogP contribution in [0.2, 0.25) is 6.04 Å². The van der Waals surface area contributed by atoms with Crippen LogP contribution in [0.3, 0.4) is 0 Å². The molecule has 0 aliphatic rings. The van der Waals surface area contributed by atoms with Gasteiger partial charge in [0.2, 0.25) is 0 Å². The number of fused-ring (bicyclic) bond motifs is 1. The fourth-order valence-corrected chi connectivity index (χ4v) is 3.58. The van der Waals surface area contributed by atoms with Crippen LogP contribution in [0.1, 0.15) is 5.56 Å². The lowest BCUT2D eigenvalue weighted by Crippen LogP contribution is -1.84.